The number of nitrogens with one attached hydrogen (secondary N) is 3. The van der Waals surface area contributed by atoms with Gasteiger partial charge < -0.3 is 25.3 Å². The Morgan fingerprint density at radius 1 is 1.24 bits per heavy atom. The first-order valence-electron chi connectivity index (χ1n) is 9.11. The summed E-state index contributed by atoms with van der Waals surface area (Å²) in [5.74, 6) is -0.499. The van der Waals surface area contributed by atoms with E-state index in [1.807, 2.05) is 6.92 Å². The van der Waals surface area contributed by atoms with E-state index in [0.717, 1.165) is 5.69 Å². The summed E-state index contributed by atoms with van der Waals surface area (Å²) in [5, 5.41) is 5.40. The highest BCUT2D eigenvalue weighted by Crippen LogP contribution is 2.31. The number of H-pyrrole nitrogens is 1. The number of carbonyl (C=O) groups is 3. The lowest BCUT2D eigenvalue weighted by Crippen LogP contribution is -2.32. The number of ether oxygens (including phenoxy) is 1. The molecule has 2 bridgehead atoms. The number of fused-ring (bicyclic) bond motifs is 2. The number of nitrogens with zero attached hydrogens (tertiary/aromatic N) is 3. The second-order valence-corrected chi connectivity index (χ2v) is 6.90. The van der Waals surface area contributed by atoms with Gasteiger partial charge in [-0.25, -0.2) is 9.97 Å². The lowest BCUT2D eigenvalue weighted by Gasteiger charge is -2.17. The highest BCUT2D eigenvalue weighted by Gasteiger charge is 2.28. The summed E-state index contributed by atoms with van der Waals surface area (Å²) in [6, 6.07) is 1.74. The molecule has 2 aliphatic rings. The van der Waals surface area contributed by atoms with Crippen LogP contribution in [0.1, 0.15) is 33.3 Å². The highest BCUT2D eigenvalue weighted by molar-refractivity contribution is 6.34. The molecule has 4 heterocycles. The second-order valence-electron chi connectivity index (χ2n) is 6.90. The Morgan fingerprint density at radius 3 is 2.90 bits per heavy atom. The first-order valence-corrected chi connectivity index (χ1v) is 9.11. The summed E-state index contributed by atoms with van der Waals surface area (Å²) in [6.45, 7) is 2.35. The molecule has 150 valence electrons. The number of rotatable bonds is 0. The monoisotopic (exact) mass is 396 g/mol. The Kier molecular flexibility index (Phi) is 4.85. The highest BCUT2D eigenvalue weighted by atomic mass is 16.5. The molecular weight excluding hydrogens is 376 g/mol. The van der Waals surface area contributed by atoms with E-state index in [-0.39, 0.29) is 37.5 Å². The first kappa shape index (κ1) is 18.8. The molecule has 2 aromatic heterocycles. The topological polar surface area (TPSA) is 129 Å². The van der Waals surface area contributed by atoms with Gasteiger partial charge in [0.2, 0.25) is 5.91 Å². The zero-order chi connectivity index (χ0) is 20.5. The maximum atomic E-state index is 12.9. The van der Waals surface area contributed by atoms with Crippen LogP contribution in [0, 0.1) is 6.92 Å². The van der Waals surface area contributed by atoms with Gasteiger partial charge in [0, 0.05) is 19.3 Å². The van der Waals surface area contributed by atoms with Crippen molar-refractivity contribution in [3.8, 4) is 0 Å². The van der Waals surface area contributed by atoms with Crippen LogP contribution in [-0.2, 0) is 20.9 Å². The molecular formula is C19H20N6O4. The van der Waals surface area contributed by atoms with Gasteiger partial charge in [0.1, 0.15) is 18.1 Å². The van der Waals surface area contributed by atoms with Crippen LogP contribution in [-0.4, -0.2) is 64.4 Å². The van der Waals surface area contributed by atoms with E-state index < -0.39 is 0 Å². The Hall–Kier alpha value is -3.53. The van der Waals surface area contributed by atoms with E-state index in [2.05, 4.69) is 25.6 Å². The third kappa shape index (κ3) is 3.74. The summed E-state index contributed by atoms with van der Waals surface area (Å²) < 4.78 is 5.35. The lowest BCUT2D eigenvalue weighted by molar-refractivity contribution is -0.126. The van der Waals surface area contributed by atoms with Gasteiger partial charge in [0.15, 0.2) is 0 Å². The number of aromatic nitrogens is 3. The fraction of sp³-hybridized carbons (Fsp3) is 0.316. The van der Waals surface area contributed by atoms with Crippen LogP contribution in [0.3, 0.4) is 0 Å². The molecule has 3 N–H and O–H groups in total. The molecule has 10 heteroatoms. The Balaban J connectivity index is 1.80. The maximum absolute atomic E-state index is 12.9. The Morgan fingerprint density at radius 2 is 2.07 bits per heavy atom. The molecule has 0 saturated carbocycles. The molecule has 0 unspecified atom stereocenters. The van der Waals surface area contributed by atoms with Crippen molar-refractivity contribution >= 4 is 35.1 Å². The average molecular weight is 396 g/mol. The maximum Gasteiger partial charge on any atom is 0.258 e. The minimum Gasteiger partial charge on any atom is -0.370 e. The standard InChI is InChI=1S/C19H20N6O4/c1-10-5-11-13(22-10)6-12-17-14(23-18(12)27)7-20-15(24-17)8-21-16(26)9-29-4-3-25(2)19(11)28/h5-7,22H,3-4,8-9H2,1-2H3,(H,21,26)(H,23,27)/b12-6-. The van der Waals surface area contributed by atoms with Gasteiger partial charge >= 0.3 is 0 Å². The van der Waals surface area contributed by atoms with E-state index in [4.69, 9.17) is 4.74 Å². The Bertz CT molecular complexity index is 1040. The average Bonchev–Trinajstić information content (AvgIpc) is 3.21. The van der Waals surface area contributed by atoms with Crippen LogP contribution in [0.2, 0.25) is 0 Å². The molecule has 0 radical (unpaired) electrons. The van der Waals surface area contributed by atoms with Crippen LogP contribution in [0.4, 0.5) is 5.69 Å². The Labute approximate surface area is 166 Å². The van der Waals surface area contributed by atoms with Crippen molar-refractivity contribution in [2.24, 2.45) is 0 Å². The van der Waals surface area contributed by atoms with Gasteiger partial charge in [0.05, 0.1) is 41.9 Å². The van der Waals surface area contributed by atoms with Crippen molar-refractivity contribution < 1.29 is 19.1 Å². The van der Waals surface area contributed by atoms with Crippen LogP contribution in [0.25, 0.3) is 11.6 Å². The molecule has 0 aliphatic carbocycles. The van der Waals surface area contributed by atoms with Gasteiger partial charge in [-0.3, -0.25) is 14.4 Å². The van der Waals surface area contributed by atoms with Crippen molar-refractivity contribution in [2.75, 3.05) is 32.1 Å². The summed E-state index contributed by atoms with van der Waals surface area (Å²) in [5.41, 5.74) is 2.99. The van der Waals surface area contributed by atoms with Crippen LogP contribution < -0.4 is 10.6 Å². The number of carbonyl (C=O) groups excluding carboxylic acids is 3. The zero-order valence-electron chi connectivity index (χ0n) is 16.0. The minimum absolute atomic E-state index is 0.113. The molecule has 4 rings (SSSR count). The lowest BCUT2D eigenvalue weighted by atomic mass is 10.1. The molecule has 10 nitrogen and oxygen atoms in total. The summed E-state index contributed by atoms with van der Waals surface area (Å²) >= 11 is 0. The fourth-order valence-electron chi connectivity index (χ4n) is 3.18. The van der Waals surface area contributed by atoms with Crippen LogP contribution in [0.15, 0.2) is 12.3 Å². The van der Waals surface area contributed by atoms with E-state index >= 15 is 0 Å². The van der Waals surface area contributed by atoms with Crippen LogP contribution >= 0.6 is 0 Å². The van der Waals surface area contributed by atoms with Gasteiger partial charge in [-0.1, -0.05) is 0 Å². The van der Waals surface area contributed by atoms with Crippen molar-refractivity contribution in [2.45, 2.75) is 13.5 Å². The van der Waals surface area contributed by atoms with Gasteiger partial charge in [0.25, 0.3) is 11.8 Å². The molecule has 0 aromatic carbocycles. The predicted octanol–water partition coefficient (Wildman–Crippen LogP) is 0.324. The molecule has 2 aliphatic heterocycles. The number of aryl methyl sites for hydroxylation is 1. The molecule has 0 spiro atoms. The van der Waals surface area contributed by atoms with Crippen molar-refractivity contribution in [3.05, 3.63) is 40.7 Å². The van der Waals surface area contributed by atoms with Crippen LogP contribution in [0.5, 0.6) is 0 Å². The van der Waals surface area contributed by atoms with Gasteiger partial charge in [-0.15, -0.1) is 0 Å². The molecule has 3 amide bonds. The van der Waals surface area contributed by atoms with Gasteiger partial charge in [-0.05, 0) is 19.1 Å². The summed E-state index contributed by atoms with van der Waals surface area (Å²) in [4.78, 5) is 50.6. The molecule has 0 fully saturated rings. The SMILES string of the molecule is Cc1cc2c([nH]1)/C=C1\C(=O)Nc3cnc(nc31)CNC(=O)COCCN(C)C2=O. The van der Waals surface area contributed by atoms with E-state index in [1.165, 1.54) is 11.1 Å². The summed E-state index contributed by atoms with van der Waals surface area (Å²) in [7, 11) is 1.66. The smallest absolute Gasteiger partial charge is 0.258 e. The number of hydrogen-bond donors (Lipinski definition) is 3. The normalized spacial score (nSPS) is 19.3. The third-order valence-electron chi connectivity index (χ3n) is 4.68. The first-order chi connectivity index (χ1) is 13.9. The number of aromatic amines is 1. The largest absolute Gasteiger partial charge is 0.370 e. The second kappa shape index (κ2) is 7.47. The van der Waals surface area contributed by atoms with Crippen molar-refractivity contribution in [3.63, 3.8) is 0 Å². The molecule has 0 saturated heterocycles. The van der Waals surface area contributed by atoms with Crippen molar-refractivity contribution in [1.29, 1.82) is 0 Å². The number of amides is 3. The molecule has 0 atom stereocenters. The third-order valence-corrected chi connectivity index (χ3v) is 4.68. The number of anilines is 1. The fourth-order valence-corrected chi connectivity index (χ4v) is 3.18. The molecule has 29 heavy (non-hydrogen) atoms. The van der Waals surface area contributed by atoms with E-state index in [9.17, 15) is 14.4 Å². The quantitative estimate of drug-likeness (QED) is 0.588. The summed E-state index contributed by atoms with van der Waals surface area (Å²) in [6.07, 6.45) is 3.12. The zero-order valence-corrected chi connectivity index (χ0v) is 16.0. The van der Waals surface area contributed by atoms with E-state index in [1.54, 1.807) is 19.2 Å². The van der Waals surface area contributed by atoms with Gasteiger partial charge in [-0.2, -0.15) is 0 Å². The number of likely N-dealkylation sites (N-methyl/N-ethyl adjacent to an activating group) is 1. The minimum atomic E-state index is -0.330. The van der Waals surface area contributed by atoms with Crippen molar-refractivity contribution in [1.82, 2.24) is 25.2 Å². The van der Waals surface area contributed by atoms with E-state index in [0.29, 0.717) is 40.6 Å². The predicted molar refractivity (Wildman–Crippen MR) is 104 cm³/mol. The number of hydrogen-bond acceptors (Lipinski definition) is 6. The molecule has 2 aromatic rings.